The molecule has 22 heavy (non-hydrogen) atoms. The number of nitrogens with zero attached hydrogens (tertiary/aromatic N) is 5. The van der Waals surface area contributed by atoms with Crippen LogP contribution in [0.1, 0.15) is 11.4 Å². The van der Waals surface area contributed by atoms with E-state index in [1.807, 2.05) is 44.2 Å². The van der Waals surface area contributed by atoms with E-state index in [1.165, 1.54) is 4.68 Å². The number of rotatable bonds is 4. The number of benzene rings is 1. The highest BCUT2D eigenvalue weighted by atomic mass is 16.2. The molecule has 8 heteroatoms. The maximum atomic E-state index is 12.0. The molecule has 2 heterocycles. The van der Waals surface area contributed by atoms with Crippen molar-refractivity contribution in [1.82, 2.24) is 30.4 Å². The Bertz CT molecular complexity index is 807. The van der Waals surface area contributed by atoms with Gasteiger partial charge in [0.2, 0.25) is 5.95 Å². The fourth-order valence-corrected chi connectivity index (χ4v) is 2.12. The number of aromatic nitrogens is 5. The fourth-order valence-electron chi connectivity index (χ4n) is 2.12. The highest BCUT2D eigenvalue weighted by Gasteiger charge is 2.08. The summed E-state index contributed by atoms with van der Waals surface area (Å²) in [6, 6.07) is 9.32. The SMILES string of the molecule is Cc1cc(C)nc(NNC(=O)Cn2nnc3ccccc32)n1. The van der Waals surface area contributed by atoms with Crippen LogP contribution in [0.5, 0.6) is 0 Å². The second-order valence-electron chi connectivity index (χ2n) is 4.88. The first-order valence-corrected chi connectivity index (χ1v) is 6.77. The summed E-state index contributed by atoms with van der Waals surface area (Å²) < 4.78 is 1.54. The molecule has 1 aromatic carbocycles. The second kappa shape index (κ2) is 5.76. The minimum absolute atomic E-state index is 0.0539. The van der Waals surface area contributed by atoms with Crippen LogP contribution in [0.3, 0.4) is 0 Å². The lowest BCUT2D eigenvalue weighted by atomic mass is 10.3. The molecule has 0 spiro atoms. The molecule has 0 saturated heterocycles. The number of carbonyl (C=O) groups is 1. The topological polar surface area (TPSA) is 97.6 Å². The molecule has 0 aliphatic rings. The summed E-state index contributed by atoms with van der Waals surface area (Å²) in [6.07, 6.45) is 0. The van der Waals surface area contributed by atoms with Crippen LogP contribution in [0.15, 0.2) is 30.3 Å². The van der Waals surface area contributed by atoms with Crippen molar-refractivity contribution in [3.8, 4) is 0 Å². The Kier molecular flexibility index (Phi) is 3.65. The van der Waals surface area contributed by atoms with Gasteiger partial charge in [-0.05, 0) is 32.0 Å². The van der Waals surface area contributed by atoms with Crippen LogP contribution in [0.25, 0.3) is 11.0 Å². The molecule has 1 amide bonds. The van der Waals surface area contributed by atoms with Gasteiger partial charge in [-0.1, -0.05) is 17.3 Å². The highest BCUT2D eigenvalue weighted by molar-refractivity contribution is 5.80. The van der Waals surface area contributed by atoms with Crippen LogP contribution in [-0.4, -0.2) is 30.9 Å². The minimum atomic E-state index is -0.265. The summed E-state index contributed by atoms with van der Waals surface area (Å²) in [5, 5.41) is 7.97. The molecular weight excluding hydrogens is 282 g/mol. The van der Waals surface area contributed by atoms with Crippen molar-refractivity contribution in [3.05, 3.63) is 41.7 Å². The molecule has 0 radical (unpaired) electrons. The molecular formula is C14H15N7O. The lowest BCUT2D eigenvalue weighted by Crippen LogP contribution is -2.33. The van der Waals surface area contributed by atoms with E-state index in [0.29, 0.717) is 5.95 Å². The van der Waals surface area contributed by atoms with E-state index in [9.17, 15) is 4.79 Å². The van der Waals surface area contributed by atoms with Gasteiger partial charge in [0, 0.05) is 11.4 Å². The Hall–Kier alpha value is -3.03. The third-order valence-electron chi connectivity index (χ3n) is 3.01. The summed E-state index contributed by atoms with van der Waals surface area (Å²) in [6.45, 7) is 3.78. The number of hydrogen-bond acceptors (Lipinski definition) is 6. The van der Waals surface area contributed by atoms with Gasteiger partial charge in [0.15, 0.2) is 0 Å². The maximum absolute atomic E-state index is 12.0. The maximum Gasteiger partial charge on any atom is 0.260 e. The number of anilines is 1. The van der Waals surface area contributed by atoms with Crippen LogP contribution in [0, 0.1) is 13.8 Å². The number of fused-ring (bicyclic) bond motifs is 1. The predicted molar refractivity (Wildman–Crippen MR) is 80.8 cm³/mol. The molecule has 3 rings (SSSR count). The average molecular weight is 297 g/mol. The van der Waals surface area contributed by atoms with Gasteiger partial charge >= 0.3 is 0 Å². The smallest absolute Gasteiger partial charge is 0.260 e. The van der Waals surface area contributed by atoms with Gasteiger partial charge < -0.3 is 0 Å². The minimum Gasteiger partial charge on any atom is -0.271 e. The highest BCUT2D eigenvalue weighted by Crippen LogP contribution is 2.09. The average Bonchev–Trinajstić information content (AvgIpc) is 2.88. The third kappa shape index (κ3) is 3.00. The van der Waals surface area contributed by atoms with E-state index >= 15 is 0 Å². The molecule has 8 nitrogen and oxygen atoms in total. The molecule has 0 fully saturated rings. The van der Waals surface area contributed by atoms with Crippen molar-refractivity contribution in [2.45, 2.75) is 20.4 Å². The lowest BCUT2D eigenvalue weighted by Gasteiger charge is -2.08. The van der Waals surface area contributed by atoms with Gasteiger partial charge in [0.25, 0.3) is 5.91 Å². The van der Waals surface area contributed by atoms with E-state index in [2.05, 4.69) is 31.1 Å². The first-order valence-electron chi connectivity index (χ1n) is 6.77. The van der Waals surface area contributed by atoms with Crippen LogP contribution < -0.4 is 10.9 Å². The quantitative estimate of drug-likeness (QED) is 0.697. The Labute approximate surface area is 126 Å². The molecule has 0 aliphatic carbocycles. The summed E-state index contributed by atoms with van der Waals surface area (Å²) in [7, 11) is 0. The van der Waals surface area contributed by atoms with E-state index in [-0.39, 0.29) is 12.5 Å². The second-order valence-corrected chi connectivity index (χ2v) is 4.88. The molecule has 2 aromatic heterocycles. The van der Waals surface area contributed by atoms with E-state index in [0.717, 1.165) is 22.4 Å². The first-order chi connectivity index (χ1) is 10.6. The molecule has 0 saturated carbocycles. The van der Waals surface area contributed by atoms with Gasteiger partial charge in [0.1, 0.15) is 12.1 Å². The van der Waals surface area contributed by atoms with Crippen molar-refractivity contribution in [3.63, 3.8) is 0 Å². The molecule has 0 aliphatic heterocycles. The van der Waals surface area contributed by atoms with Gasteiger partial charge in [-0.3, -0.25) is 15.6 Å². The number of hydrazine groups is 1. The number of aryl methyl sites for hydroxylation is 2. The van der Waals surface area contributed by atoms with Crippen molar-refractivity contribution in [2.75, 3.05) is 5.43 Å². The summed E-state index contributed by atoms with van der Waals surface area (Å²) in [5.74, 6) is 0.0905. The number of amides is 1. The Morgan fingerprint density at radius 3 is 2.68 bits per heavy atom. The monoisotopic (exact) mass is 297 g/mol. The number of nitrogens with one attached hydrogen (secondary N) is 2. The zero-order chi connectivity index (χ0) is 15.5. The summed E-state index contributed by atoms with van der Waals surface area (Å²) in [5.41, 5.74) is 8.46. The Morgan fingerprint density at radius 2 is 1.91 bits per heavy atom. The third-order valence-corrected chi connectivity index (χ3v) is 3.01. The molecule has 0 atom stereocenters. The number of para-hydroxylation sites is 1. The van der Waals surface area contributed by atoms with Crippen LogP contribution in [-0.2, 0) is 11.3 Å². The van der Waals surface area contributed by atoms with E-state index < -0.39 is 0 Å². The molecule has 0 unspecified atom stereocenters. The van der Waals surface area contributed by atoms with Gasteiger partial charge in [-0.25, -0.2) is 14.6 Å². The van der Waals surface area contributed by atoms with Gasteiger partial charge in [-0.2, -0.15) is 0 Å². The van der Waals surface area contributed by atoms with Crippen molar-refractivity contribution < 1.29 is 4.79 Å². The van der Waals surface area contributed by atoms with Crippen LogP contribution in [0.2, 0.25) is 0 Å². The van der Waals surface area contributed by atoms with Crippen molar-refractivity contribution >= 4 is 22.9 Å². The fraction of sp³-hybridized carbons (Fsp3) is 0.214. The first kappa shape index (κ1) is 13.9. The van der Waals surface area contributed by atoms with Crippen LogP contribution >= 0.6 is 0 Å². The summed E-state index contributed by atoms with van der Waals surface area (Å²) >= 11 is 0. The summed E-state index contributed by atoms with van der Waals surface area (Å²) in [4.78, 5) is 20.3. The van der Waals surface area contributed by atoms with E-state index in [4.69, 9.17) is 0 Å². The standard InChI is InChI=1S/C14H15N7O/c1-9-7-10(2)16-14(15-9)19-18-13(22)8-21-12-6-4-3-5-11(12)17-20-21/h3-7H,8H2,1-2H3,(H,18,22)(H,15,16,19). The molecule has 0 bridgehead atoms. The number of hydrogen-bond donors (Lipinski definition) is 2. The zero-order valence-corrected chi connectivity index (χ0v) is 12.2. The van der Waals surface area contributed by atoms with Crippen molar-refractivity contribution in [2.24, 2.45) is 0 Å². The van der Waals surface area contributed by atoms with Crippen LogP contribution in [0.4, 0.5) is 5.95 Å². The van der Waals surface area contributed by atoms with E-state index in [1.54, 1.807) is 0 Å². The largest absolute Gasteiger partial charge is 0.271 e. The lowest BCUT2D eigenvalue weighted by molar-refractivity contribution is -0.121. The Balaban J connectivity index is 1.65. The number of carbonyl (C=O) groups excluding carboxylic acids is 1. The van der Waals surface area contributed by atoms with Gasteiger partial charge in [0.05, 0.1) is 5.52 Å². The zero-order valence-electron chi connectivity index (χ0n) is 12.2. The molecule has 2 N–H and O–H groups in total. The predicted octanol–water partition coefficient (Wildman–Crippen LogP) is 0.981. The molecule has 3 aromatic rings. The van der Waals surface area contributed by atoms with Gasteiger partial charge in [-0.15, -0.1) is 5.10 Å². The van der Waals surface area contributed by atoms with Crippen molar-refractivity contribution in [1.29, 1.82) is 0 Å². The normalized spacial score (nSPS) is 10.6. The molecule has 112 valence electrons. The Morgan fingerprint density at radius 1 is 1.18 bits per heavy atom.